The SMILES string of the molecule is CCO[Si](OCC)(OCC)[O][SnH2][O][SnH3]. The van der Waals surface area contributed by atoms with Gasteiger partial charge in [0.15, 0.2) is 0 Å². The third kappa shape index (κ3) is 6.25. The molecule has 0 N–H and O–H groups in total. The van der Waals surface area contributed by atoms with Gasteiger partial charge in [0.1, 0.15) is 0 Å². The van der Waals surface area contributed by atoms with Crippen molar-refractivity contribution < 1.29 is 17.5 Å². The van der Waals surface area contributed by atoms with Crippen molar-refractivity contribution in [2.45, 2.75) is 20.8 Å². The molecular formula is C6H20O5SiSn2. The van der Waals surface area contributed by atoms with Gasteiger partial charge in [-0.05, 0) is 0 Å². The Morgan fingerprint density at radius 2 is 1.43 bits per heavy atom. The first-order valence-electron chi connectivity index (χ1n) is 4.79. The molecule has 0 atom stereocenters. The normalized spacial score (nSPS) is 13.1. The van der Waals surface area contributed by atoms with Crippen LogP contribution < -0.4 is 0 Å². The van der Waals surface area contributed by atoms with Gasteiger partial charge in [-0.15, -0.1) is 0 Å². The van der Waals surface area contributed by atoms with Crippen molar-refractivity contribution in [3.05, 3.63) is 0 Å². The second-order valence-electron chi connectivity index (χ2n) is 2.35. The molecule has 0 fully saturated rings. The molecule has 0 bridgehead atoms. The predicted molar refractivity (Wildman–Crippen MR) is 61.3 cm³/mol. The van der Waals surface area contributed by atoms with E-state index < -0.39 is 31.0 Å². The van der Waals surface area contributed by atoms with Gasteiger partial charge in [-0.1, -0.05) is 0 Å². The maximum atomic E-state index is 5.61. The van der Waals surface area contributed by atoms with Gasteiger partial charge in [0.25, 0.3) is 0 Å². The van der Waals surface area contributed by atoms with Crippen LogP contribution in [0.1, 0.15) is 20.8 Å². The molecule has 0 unspecified atom stereocenters. The zero-order chi connectivity index (χ0) is 10.9. The van der Waals surface area contributed by atoms with Crippen LogP contribution in [0.4, 0.5) is 0 Å². The van der Waals surface area contributed by atoms with Crippen LogP contribution in [0.25, 0.3) is 0 Å². The Hall–Kier alpha value is 1.61. The number of rotatable bonds is 9. The van der Waals surface area contributed by atoms with Crippen LogP contribution in [0.15, 0.2) is 0 Å². The molecule has 86 valence electrons. The van der Waals surface area contributed by atoms with E-state index in [1.807, 2.05) is 20.8 Å². The van der Waals surface area contributed by atoms with E-state index in [0.29, 0.717) is 19.8 Å². The van der Waals surface area contributed by atoms with Gasteiger partial charge in [-0.2, -0.15) is 0 Å². The van der Waals surface area contributed by atoms with E-state index >= 15 is 0 Å². The molecule has 0 aromatic heterocycles. The summed E-state index contributed by atoms with van der Waals surface area (Å²) in [6, 6.07) is 0. The molecule has 0 aliphatic rings. The summed E-state index contributed by atoms with van der Waals surface area (Å²) in [6.45, 7) is 7.36. The Morgan fingerprint density at radius 1 is 1.00 bits per heavy atom. The molecule has 0 aromatic carbocycles. The average Bonchev–Trinajstić information content (AvgIpc) is 2.16. The van der Waals surface area contributed by atoms with E-state index in [0.717, 1.165) is 0 Å². The van der Waals surface area contributed by atoms with Crippen LogP contribution in [-0.2, 0) is 17.5 Å². The Morgan fingerprint density at radius 3 is 1.71 bits per heavy atom. The van der Waals surface area contributed by atoms with E-state index in [-0.39, 0.29) is 22.9 Å². The fraction of sp³-hybridized carbons (Fsp3) is 1.00. The molecular weight excluding hydrogens is 418 g/mol. The average molecular weight is 438 g/mol. The van der Waals surface area contributed by atoms with Gasteiger partial charge in [0, 0.05) is 0 Å². The second-order valence-corrected chi connectivity index (χ2v) is 20.4. The molecule has 0 rings (SSSR count). The van der Waals surface area contributed by atoms with E-state index in [1.54, 1.807) is 0 Å². The van der Waals surface area contributed by atoms with Crippen LogP contribution in [0.2, 0.25) is 0 Å². The van der Waals surface area contributed by atoms with E-state index in [2.05, 4.69) is 0 Å². The van der Waals surface area contributed by atoms with Gasteiger partial charge < -0.3 is 0 Å². The summed E-state index contributed by atoms with van der Waals surface area (Å²) >= 11 is -1.32. The van der Waals surface area contributed by atoms with Crippen molar-refractivity contribution in [1.82, 2.24) is 0 Å². The first-order chi connectivity index (χ1) is 6.74. The first kappa shape index (κ1) is 15.6. The molecule has 14 heavy (non-hydrogen) atoms. The minimum atomic E-state index is -2.81. The van der Waals surface area contributed by atoms with Crippen molar-refractivity contribution in [3.63, 3.8) is 0 Å². The third-order valence-electron chi connectivity index (χ3n) is 1.32. The summed E-state index contributed by atoms with van der Waals surface area (Å²) in [5.74, 6) is 0. The van der Waals surface area contributed by atoms with Crippen LogP contribution in [-0.4, -0.2) is 73.8 Å². The van der Waals surface area contributed by atoms with Crippen LogP contribution in [0, 0.1) is 0 Å². The molecule has 5 nitrogen and oxygen atoms in total. The summed E-state index contributed by atoms with van der Waals surface area (Å²) < 4.78 is 27.3. The zero-order valence-corrected chi connectivity index (χ0v) is 20.1. The molecule has 0 aromatic rings. The predicted octanol–water partition coefficient (Wildman–Crippen LogP) is -1.16. The molecule has 0 spiro atoms. The minimum absolute atomic E-state index is 0.248. The van der Waals surface area contributed by atoms with Crippen molar-refractivity contribution in [3.8, 4) is 0 Å². The van der Waals surface area contributed by atoms with Gasteiger partial charge >= 0.3 is 112 Å². The molecule has 0 amide bonds. The first-order valence-corrected chi connectivity index (χ1v) is 12.0. The van der Waals surface area contributed by atoms with E-state index in [4.69, 9.17) is 17.5 Å². The zero-order valence-electron chi connectivity index (χ0n) is 9.37. The Kier molecular flexibility index (Phi) is 10.9. The Balaban J connectivity index is 4.21. The second kappa shape index (κ2) is 9.81. The summed E-state index contributed by atoms with van der Waals surface area (Å²) in [6.07, 6.45) is 0. The third-order valence-corrected chi connectivity index (χ3v) is 12.9. The summed E-state index contributed by atoms with van der Waals surface area (Å²) in [4.78, 5) is 0. The fourth-order valence-electron chi connectivity index (χ4n) is 0.911. The van der Waals surface area contributed by atoms with E-state index in [9.17, 15) is 0 Å². The van der Waals surface area contributed by atoms with Gasteiger partial charge in [0.2, 0.25) is 0 Å². The Bertz CT molecular complexity index is 122. The fourth-order valence-corrected chi connectivity index (χ4v) is 13.9. The maximum absolute atomic E-state index is 5.61. The molecule has 0 aliphatic heterocycles. The van der Waals surface area contributed by atoms with Crippen molar-refractivity contribution in [1.29, 1.82) is 0 Å². The van der Waals surface area contributed by atoms with Gasteiger partial charge in [0.05, 0.1) is 0 Å². The summed E-state index contributed by atoms with van der Waals surface area (Å²) in [7, 11) is -2.81. The van der Waals surface area contributed by atoms with Gasteiger partial charge in [-0.3, -0.25) is 0 Å². The quantitative estimate of drug-likeness (QED) is 0.426. The van der Waals surface area contributed by atoms with E-state index in [1.165, 1.54) is 0 Å². The Labute approximate surface area is 111 Å². The van der Waals surface area contributed by atoms with Crippen LogP contribution in [0.3, 0.4) is 0 Å². The molecule has 0 heterocycles. The summed E-state index contributed by atoms with van der Waals surface area (Å²) in [5.41, 5.74) is 0. The van der Waals surface area contributed by atoms with Crippen LogP contribution in [0.5, 0.6) is 0 Å². The molecule has 8 heteroatoms. The summed E-state index contributed by atoms with van der Waals surface area (Å²) in [5, 5.41) is 0. The number of hydrogen-bond donors (Lipinski definition) is 0. The molecule has 0 saturated carbocycles. The number of hydrogen-bond acceptors (Lipinski definition) is 5. The molecule has 0 radical (unpaired) electrons. The topological polar surface area (TPSA) is 46.2 Å². The molecule has 0 saturated heterocycles. The molecule has 0 aliphatic carbocycles. The van der Waals surface area contributed by atoms with Gasteiger partial charge in [-0.25, -0.2) is 0 Å². The van der Waals surface area contributed by atoms with Crippen molar-refractivity contribution >= 4 is 54.0 Å². The monoisotopic (exact) mass is 440 g/mol. The van der Waals surface area contributed by atoms with Crippen LogP contribution >= 0.6 is 0 Å². The van der Waals surface area contributed by atoms with Crippen molar-refractivity contribution in [2.75, 3.05) is 19.8 Å². The standard InChI is InChI=1S/C6H15O4Si.O.2Sn.5H/c1-4-8-11(7,9-5-2)10-6-3;;;;;;;;/h4-6H2,1-3H3;;;;;;;;/q-1;;;+1;;;;;. The van der Waals surface area contributed by atoms with Crippen molar-refractivity contribution in [2.24, 2.45) is 0 Å².